The zero-order valence-electron chi connectivity index (χ0n) is 15.7. The van der Waals surface area contributed by atoms with E-state index in [0.717, 1.165) is 6.42 Å². The highest BCUT2D eigenvalue weighted by atomic mass is 16.5. The molecule has 0 bridgehead atoms. The van der Waals surface area contributed by atoms with E-state index in [1.54, 1.807) is 48.2 Å². The third kappa shape index (κ3) is 5.21. The van der Waals surface area contributed by atoms with Gasteiger partial charge in [-0.2, -0.15) is 0 Å². The van der Waals surface area contributed by atoms with E-state index in [9.17, 15) is 14.4 Å². The van der Waals surface area contributed by atoms with Gasteiger partial charge in [-0.1, -0.05) is 6.92 Å². The van der Waals surface area contributed by atoms with E-state index in [0.29, 0.717) is 43.8 Å². The standard InChI is InChI=1S/C19H27N3O4/c1-4-13-26-18(24)15-5-7-16(8-6-15)20-17(23)14-9-11-22(12-10-14)19(25)21(2)3/h5-8,14H,4,9-13H2,1-3H3,(H,20,23). The van der Waals surface area contributed by atoms with Gasteiger partial charge in [0.1, 0.15) is 0 Å². The minimum absolute atomic E-state index is 0.0191. The Labute approximate surface area is 154 Å². The molecule has 2 rings (SSSR count). The molecule has 1 aromatic rings. The van der Waals surface area contributed by atoms with Crippen LogP contribution in [0.4, 0.5) is 10.5 Å². The van der Waals surface area contributed by atoms with E-state index in [2.05, 4.69) is 5.32 Å². The molecule has 0 aromatic heterocycles. The predicted octanol–water partition coefficient (Wildman–Crippen LogP) is 2.59. The summed E-state index contributed by atoms with van der Waals surface area (Å²) in [6.07, 6.45) is 2.07. The fraction of sp³-hybridized carbons (Fsp3) is 0.526. The number of carbonyl (C=O) groups excluding carboxylic acids is 3. The second-order valence-electron chi connectivity index (χ2n) is 6.64. The van der Waals surface area contributed by atoms with Gasteiger partial charge in [0.05, 0.1) is 12.2 Å². The molecule has 1 aromatic carbocycles. The molecule has 0 atom stereocenters. The maximum atomic E-state index is 12.4. The number of carbonyl (C=O) groups is 3. The van der Waals surface area contributed by atoms with Crippen molar-refractivity contribution in [1.29, 1.82) is 0 Å². The van der Waals surface area contributed by atoms with Crippen molar-refractivity contribution in [3.8, 4) is 0 Å². The van der Waals surface area contributed by atoms with Gasteiger partial charge in [-0.25, -0.2) is 9.59 Å². The molecule has 1 fully saturated rings. The maximum Gasteiger partial charge on any atom is 0.338 e. The normalized spacial score (nSPS) is 14.7. The highest BCUT2D eigenvalue weighted by molar-refractivity contribution is 5.94. The highest BCUT2D eigenvalue weighted by Crippen LogP contribution is 2.20. The molecule has 1 aliphatic heterocycles. The van der Waals surface area contributed by atoms with Crippen LogP contribution in [0.25, 0.3) is 0 Å². The summed E-state index contributed by atoms with van der Waals surface area (Å²) in [5.74, 6) is -0.527. The van der Waals surface area contributed by atoms with Gasteiger partial charge in [-0.3, -0.25) is 4.79 Å². The molecule has 142 valence electrons. The van der Waals surface area contributed by atoms with E-state index in [4.69, 9.17) is 4.74 Å². The average molecular weight is 361 g/mol. The van der Waals surface area contributed by atoms with Crippen molar-refractivity contribution in [1.82, 2.24) is 9.80 Å². The number of likely N-dealkylation sites (tertiary alicyclic amines) is 1. The number of anilines is 1. The van der Waals surface area contributed by atoms with Crippen LogP contribution in [0.3, 0.4) is 0 Å². The number of nitrogens with one attached hydrogen (secondary N) is 1. The van der Waals surface area contributed by atoms with E-state index >= 15 is 0 Å². The number of nitrogens with zero attached hydrogens (tertiary/aromatic N) is 2. The lowest BCUT2D eigenvalue weighted by Crippen LogP contribution is -2.45. The van der Waals surface area contributed by atoms with E-state index in [1.807, 2.05) is 6.92 Å². The van der Waals surface area contributed by atoms with Crippen LogP contribution in [0, 0.1) is 5.92 Å². The Morgan fingerprint density at radius 3 is 2.31 bits per heavy atom. The molecule has 0 aliphatic carbocycles. The summed E-state index contributed by atoms with van der Waals surface area (Å²) in [7, 11) is 3.45. The van der Waals surface area contributed by atoms with Gasteiger partial charge in [-0.05, 0) is 43.5 Å². The number of ether oxygens (including phenoxy) is 1. The molecular formula is C19H27N3O4. The summed E-state index contributed by atoms with van der Waals surface area (Å²) < 4.78 is 5.08. The summed E-state index contributed by atoms with van der Waals surface area (Å²) in [5.41, 5.74) is 1.11. The minimum atomic E-state index is -0.359. The number of amides is 3. The molecule has 1 saturated heterocycles. The monoisotopic (exact) mass is 361 g/mol. The number of benzene rings is 1. The van der Waals surface area contributed by atoms with Crippen molar-refractivity contribution >= 4 is 23.6 Å². The molecule has 1 aliphatic rings. The molecule has 7 nitrogen and oxygen atoms in total. The largest absolute Gasteiger partial charge is 0.462 e. The Balaban J connectivity index is 1.85. The van der Waals surface area contributed by atoms with Crippen molar-refractivity contribution in [3.63, 3.8) is 0 Å². The summed E-state index contributed by atoms with van der Waals surface area (Å²) >= 11 is 0. The third-order valence-corrected chi connectivity index (χ3v) is 4.34. The van der Waals surface area contributed by atoms with Gasteiger partial charge in [0.15, 0.2) is 0 Å². The number of esters is 1. The number of urea groups is 1. The fourth-order valence-corrected chi connectivity index (χ4v) is 2.83. The molecule has 0 spiro atoms. The minimum Gasteiger partial charge on any atom is -0.462 e. The predicted molar refractivity (Wildman–Crippen MR) is 99.0 cm³/mol. The summed E-state index contributed by atoms with van der Waals surface area (Å²) in [5, 5.41) is 2.88. The van der Waals surface area contributed by atoms with Crippen molar-refractivity contribution < 1.29 is 19.1 Å². The van der Waals surface area contributed by atoms with E-state index in [1.165, 1.54) is 0 Å². The maximum absolute atomic E-state index is 12.4. The van der Waals surface area contributed by atoms with Crippen LogP contribution in [0.15, 0.2) is 24.3 Å². The number of hydrogen-bond acceptors (Lipinski definition) is 4. The average Bonchev–Trinajstić information content (AvgIpc) is 2.66. The smallest absolute Gasteiger partial charge is 0.338 e. The number of piperidine rings is 1. The van der Waals surface area contributed by atoms with E-state index in [-0.39, 0.29) is 23.8 Å². The molecule has 1 heterocycles. The van der Waals surface area contributed by atoms with Crippen LogP contribution < -0.4 is 5.32 Å². The van der Waals surface area contributed by atoms with Gasteiger partial charge in [-0.15, -0.1) is 0 Å². The summed E-state index contributed by atoms with van der Waals surface area (Å²) in [6, 6.07) is 6.67. The Bertz CT molecular complexity index is 635. The second kappa shape index (κ2) is 9.22. The molecule has 0 radical (unpaired) electrons. The molecule has 0 saturated carbocycles. The van der Waals surface area contributed by atoms with Crippen LogP contribution in [-0.4, -0.2) is 61.5 Å². The van der Waals surface area contributed by atoms with E-state index < -0.39 is 0 Å². The highest BCUT2D eigenvalue weighted by Gasteiger charge is 2.28. The van der Waals surface area contributed by atoms with Crippen LogP contribution >= 0.6 is 0 Å². The Hall–Kier alpha value is -2.57. The number of hydrogen-bond donors (Lipinski definition) is 1. The van der Waals surface area contributed by atoms with Crippen LogP contribution in [0.1, 0.15) is 36.5 Å². The molecule has 0 unspecified atom stereocenters. The van der Waals surface area contributed by atoms with Crippen LogP contribution in [0.2, 0.25) is 0 Å². The summed E-state index contributed by atoms with van der Waals surface area (Å²) in [4.78, 5) is 39.4. The van der Waals surface area contributed by atoms with Crippen LogP contribution in [-0.2, 0) is 9.53 Å². The quantitative estimate of drug-likeness (QED) is 0.818. The zero-order valence-corrected chi connectivity index (χ0v) is 15.7. The first-order valence-electron chi connectivity index (χ1n) is 8.96. The van der Waals surface area contributed by atoms with Gasteiger partial charge in [0, 0.05) is 38.8 Å². The number of rotatable bonds is 5. The zero-order chi connectivity index (χ0) is 19.1. The lowest BCUT2D eigenvalue weighted by atomic mass is 9.96. The Kier molecular flexibility index (Phi) is 7.00. The summed E-state index contributed by atoms with van der Waals surface area (Å²) in [6.45, 7) is 3.49. The third-order valence-electron chi connectivity index (χ3n) is 4.34. The first-order chi connectivity index (χ1) is 12.4. The molecular weight excluding hydrogens is 334 g/mol. The molecule has 1 N–H and O–H groups in total. The Morgan fingerprint density at radius 2 is 1.77 bits per heavy atom. The topological polar surface area (TPSA) is 79.0 Å². The lowest BCUT2D eigenvalue weighted by molar-refractivity contribution is -0.121. The van der Waals surface area contributed by atoms with Gasteiger partial charge >= 0.3 is 12.0 Å². The first kappa shape index (κ1) is 19.8. The fourth-order valence-electron chi connectivity index (χ4n) is 2.83. The Morgan fingerprint density at radius 1 is 1.15 bits per heavy atom. The second-order valence-corrected chi connectivity index (χ2v) is 6.64. The van der Waals surface area contributed by atoms with Crippen LogP contribution in [0.5, 0.6) is 0 Å². The van der Waals surface area contributed by atoms with Gasteiger partial charge in [0.25, 0.3) is 0 Å². The molecule has 3 amide bonds. The van der Waals surface area contributed by atoms with Crippen molar-refractivity contribution in [2.24, 2.45) is 5.92 Å². The van der Waals surface area contributed by atoms with Crippen molar-refractivity contribution in [2.45, 2.75) is 26.2 Å². The lowest BCUT2D eigenvalue weighted by Gasteiger charge is -2.33. The SMILES string of the molecule is CCCOC(=O)c1ccc(NC(=O)C2CCN(C(=O)N(C)C)CC2)cc1. The first-order valence-corrected chi connectivity index (χ1v) is 8.96. The van der Waals surface area contributed by atoms with Crippen molar-refractivity contribution in [3.05, 3.63) is 29.8 Å². The van der Waals surface area contributed by atoms with Gasteiger partial charge in [0.2, 0.25) is 5.91 Å². The van der Waals surface area contributed by atoms with Gasteiger partial charge < -0.3 is 19.9 Å². The molecule has 7 heteroatoms. The van der Waals surface area contributed by atoms with Crippen molar-refractivity contribution in [2.75, 3.05) is 39.1 Å². The molecule has 26 heavy (non-hydrogen) atoms.